The van der Waals surface area contributed by atoms with Crippen molar-refractivity contribution in [2.45, 2.75) is 13.8 Å². The first kappa shape index (κ1) is 17.7. The molecule has 1 aliphatic carbocycles. The van der Waals surface area contributed by atoms with Gasteiger partial charge in [-0.05, 0) is 49.2 Å². The molecule has 0 aromatic heterocycles. The molecular formula is C25H23N3O2. The fourth-order valence-corrected chi connectivity index (χ4v) is 4.78. The van der Waals surface area contributed by atoms with Crippen molar-refractivity contribution in [1.82, 2.24) is 10.3 Å². The van der Waals surface area contributed by atoms with Crippen LogP contribution in [0.15, 0.2) is 57.7 Å². The third-order valence-electron chi connectivity index (χ3n) is 6.81. The lowest BCUT2D eigenvalue weighted by Gasteiger charge is -2.57. The van der Waals surface area contributed by atoms with Crippen LogP contribution in [-0.2, 0) is 0 Å². The van der Waals surface area contributed by atoms with Crippen molar-refractivity contribution in [1.29, 1.82) is 0 Å². The summed E-state index contributed by atoms with van der Waals surface area (Å²) in [7, 11) is 0. The molecule has 2 saturated heterocycles. The van der Waals surface area contributed by atoms with Crippen molar-refractivity contribution in [3.05, 3.63) is 69.9 Å². The molecule has 30 heavy (non-hydrogen) atoms. The van der Waals surface area contributed by atoms with Crippen molar-refractivity contribution >= 4 is 16.8 Å². The second kappa shape index (κ2) is 6.16. The summed E-state index contributed by atoms with van der Waals surface area (Å²) < 4.78 is 6.23. The minimum Gasteiger partial charge on any atom is -0.452 e. The van der Waals surface area contributed by atoms with Gasteiger partial charge in [0.2, 0.25) is 0 Å². The van der Waals surface area contributed by atoms with Crippen LogP contribution in [-0.4, -0.2) is 31.2 Å². The van der Waals surface area contributed by atoms with Gasteiger partial charge in [0.05, 0.1) is 5.56 Å². The van der Waals surface area contributed by atoms with Gasteiger partial charge < -0.3 is 14.6 Å². The topological polar surface area (TPSA) is 58.4 Å². The Bertz CT molecular complexity index is 1310. The standard InChI is InChI=1S/C25H23N3O2/c1-15-16(2)23(29)21(24-22(15)27-19-5-3-4-6-20(19)30-24)17-7-9-18(10-8-17)28-13-25(14-28)11-26-12-25/h3-10,26H,11-14H2,1-2H3. The van der Waals surface area contributed by atoms with Gasteiger partial charge in [0, 0.05) is 42.8 Å². The van der Waals surface area contributed by atoms with Gasteiger partial charge in [0.15, 0.2) is 16.8 Å². The molecule has 6 rings (SSSR count). The van der Waals surface area contributed by atoms with Crippen LogP contribution in [0.5, 0.6) is 0 Å². The highest BCUT2D eigenvalue weighted by Gasteiger charge is 2.47. The predicted molar refractivity (Wildman–Crippen MR) is 119 cm³/mol. The zero-order chi connectivity index (χ0) is 20.5. The lowest BCUT2D eigenvalue weighted by atomic mass is 9.74. The molecule has 1 spiro atoms. The van der Waals surface area contributed by atoms with E-state index in [1.165, 1.54) is 5.69 Å². The minimum absolute atomic E-state index is 0.0111. The van der Waals surface area contributed by atoms with Crippen LogP contribution in [0.25, 0.3) is 33.7 Å². The number of hydrogen-bond acceptors (Lipinski definition) is 5. The van der Waals surface area contributed by atoms with Crippen molar-refractivity contribution in [3.8, 4) is 22.6 Å². The Balaban J connectivity index is 1.47. The van der Waals surface area contributed by atoms with Crippen LogP contribution in [0.4, 0.5) is 5.69 Å². The van der Waals surface area contributed by atoms with Gasteiger partial charge in [-0.2, -0.15) is 0 Å². The highest BCUT2D eigenvalue weighted by molar-refractivity contribution is 5.86. The molecule has 150 valence electrons. The zero-order valence-electron chi connectivity index (χ0n) is 17.2. The number of fused-ring (bicyclic) bond motifs is 2. The molecule has 0 saturated carbocycles. The maximum absolute atomic E-state index is 13.3. The normalized spacial score (nSPS) is 17.3. The van der Waals surface area contributed by atoms with Crippen LogP contribution in [0.1, 0.15) is 11.1 Å². The first-order valence-corrected chi connectivity index (χ1v) is 10.4. The lowest BCUT2D eigenvalue weighted by Crippen LogP contribution is -2.71. The Morgan fingerprint density at radius 3 is 2.43 bits per heavy atom. The van der Waals surface area contributed by atoms with Crippen molar-refractivity contribution in [2.75, 3.05) is 31.1 Å². The molecule has 5 nitrogen and oxygen atoms in total. The van der Waals surface area contributed by atoms with Gasteiger partial charge in [-0.25, -0.2) is 4.98 Å². The minimum atomic E-state index is 0.0111. The average molecular weight is 397 g/mol. The third kappa shape index (κ3) is 2.45. The summed E-state index contributed by atoms with van der Waals surface area (Å²) >= 11 is 0. The van der Waals surface area contributed by atoms with Crippen LogP contribution in [0.3, 0.4) is 0 Å². The number of rotatable bonds is 2. The van der Waals surface area contributed by atoms with Crippen LogP contribution >= 0.6 is 0 Å². The fraction of sp³-hybridized carbons (Fsp3) is 0.280. The summed E-state index contributed by atoms with van der Waals surface area (Å²) in [6.07, 6.45) is 0. The van der Waals surface area contributed by atoms with Gasteiger partial charge in [-0.15, -0.1) is 0 Å². The van der Waals surface area contributed by atoms with E-state index in [9.17, 15) is 4.79 Å². The Hall–Kier alpha value is -3.18. The van der Waals surface area contributed by atoms with Crippen LogP contribution < -0.4 is 15.6 Å². The number of nitrogens with one attached hydrogen (secondary N) is 1. The molecule has 4 aliphatic rings. The van der Waals surface area contributed by atoms with Crippen molar-refractivity contribution in [2.24, 2.45) is 5.41 Å². The summed E-state index contributed by atoms with van der Waals surface area (Å²) in [6, 6.07) is 16.0. The fourth-order valence-electron chi connectivity index (χ4n) is 4.78. The smallest absolute Gasteiger partial charge is 0.193 e. The van der Waals surface area contributed by atoms with E-state index in [1.807, 2.05) is 50.2 Å². The second-order valence-corrected chi connectivity index (χ2v) is 8.82. The molecule has 0 bridgehead atoms. The number of aromatic nitrogens is 1. The highest BCUT2D eigenvalue weighted by atomic mass is 16.3. The molecule has 0 radical (unpaired) electrons. The van der Waals surface area contributed by atoms with E-state index >= 15 is 0 Å². The molecule has 0 amide bonds. The summed E-state index contributed by atoms with van der Waals surface area (Å²) in [5, 5.41) is 3.37. The van der Waals surface area contributed by atoms with Gasteiger partial charge in [-0.3, -0.25) is 4.79 Å². The molecule has 0 atom stereocenters. The summed E-state index contributed by atoms with van der Waals surface area (Å²) in [6.45, 7) is 8.26. The Kier molecular flexibility index (Phi) is 3.63. The summed E-state index contributed by atoms with van der Waals surface area (Å²) in [5.74, 6) is 0.568. The van der Waals surface area contributed by atoms with Crippen LogP contribution in [0, 0.1) is 19.3 Å². The SMILES string of the molecule is Cc1c2nc3ccccc3oc-2c(-c2ccc(N3CC4(CNC4)C3)cc2)c(=O)c1C. The van der Waals surface area contributed by atoms with Crippen LogP contribution in [0.2, 0.25) is 0 Å². The molecule has 2 aromatic carbocycles. The second-order valence-electron chi connectivity index (χ2n) is 8.82. The Morgan fingerprint density at radius 2 is 1.73 bits per heavy atom. The zero-order valence-corrected chi connectivity index (χ0v) is 17.2. The van der Waals surface area contributed by atoms with Gasteiger partial charge >= 0.3 is 0 Å². The predicted octanol–water partition coefficient (Wildman–Crippen LogP) is 3.99. The van der Waals surface area contributed by atoms with E-state index < -0.39 is 0 Å². The van der Waals surface area contributed by atoms with Gasteiger partial charge in [0.1, 0.15) is 11.2 Å². The largest absolute Gasteiger partial charge is 0.452 e. The highest BCUT2D eigenvalue weighted by Crippen LogP contribution is 2.39. The maximum atomic E-state index is 13.3. The molecular weight excluding hydrogens is 374 g/mol. The number of anilines is 1. The number of nitrogens with zero attached hydrogens (tertiary/aromatic N) is 2. The van der Waals surface area contributed by atoms with E-state index in [4.69, 9.17) is 9.40 Å². The molecule has 3 heterocycles. The van der Waals surface area contributed by atoms with E-state index in [2.05, 4.69) is 22.3 Å². The molecule has 2 fully saturated rings. The Morgan fingerprint density at radius 1 is 1.00 bits per heavy atom. The average Bonchev–Trinajstić information content (AvgIpc) is 2.70. The Labute approximate surface area is 174 Å². The lowest BCUT2D eigenvalue weighted by molar-refractivity contribution is 0.121. The van der Waals surface area contributed by atoms with E-state index in [-0.39, 0.29) is 5.43 Å². The first-order valence-electron chi connectivity index (χ1n) is 10.4. The summed E-state index contributed by atoms with van der Waals surface area (Å²) in [4.78, 5) is 20.5. The quantitative estimate of drug-likeness (QED) is 0.519. The molecule has 1 N–H and O–H groups in total. The van der Waals surface area contributed by atoms with E-state index in [0.29, 0.717) is 22.3 Å². The first-order chi connectivity index (χ1) is 14.5. The number of para-hydroxylation sites is 2. The molecule has 3 aliphatic heterocycles. The van der Waals surface area contributed by atoms with Gasteiger partial charge in [0.25, 0.3) is 0 Å². The monoisotopic (exact) mass is 397 g/mol. The summed E-state index contributed by atoms with van der Waals surface area (Å²) in [5.41, 5.74) is 7.01. The van der Waals surface area contributed by atoms with E-state index in [0.717, 1.165) is 54.1 Å². The van der Waals surface area contributed by atoms with Gasteiger partial charge in [-0.1, -0.05) is 24.3 Å². The molecule has 5 heteroatoms. The third-order valence-corrected chi connectivity index (χ3v) is 6.81. The maximum Gasteiger partial charge on any atom is 0.193 e. The number of hydrogen-bond donors (Lipinski definition) is 1. The molecule has 0 unspecified atom stereocenters. The number of benzene rings is 3. The molecule has 2 aromatic rings. The van der Waals surface area contributed by atoms with Crippen molar-refractivity contribution < 1.29 is 4.42 Å². The van der Waals surface area contributed by atoms with E-state index in [1.54, 1.807) is 0 Å². The van der Waals surface area contributed by atoms with Crippen molar-refractivity contribution in [3.63, 3.8) is 0 Å².